The Kier molecular flexibility index (Phi) is 3.87. The number of benzene rings is 3. The monoisotopic (exact) mass is 312 g/mol. The van der Waals surface area contributed by atoms with Crippen molar-refractivity contribution in [2.75, 3.05) is 0 Å². The fraction of sp³-hybridized carbons (Fsp3) is 0.136. The van der Waals surface area contributed by atoms with Gasteiger partial charge >= 0.3 is 0 Å². The van der Waals surface area contributed by atoms with Crippen molar-refractivity contribution in [3.05, 3.63) is 102 Å². The van der Waals surface area contributed by atoms with Gasteiger partial charge in [0.1, 0.15) is 5.82 Å². The third kappa shape index (κ3) is 2.71. The van der Waals surface area contributed by atoms with Crippen LogP contribution >= 0.6 is 0 Å². The first kappa shape index (κ1) is 14.7. The highest BCUT2D eigenvalue weighted by Crippen LogP contribution is 2.27. The van der Waals surface area contributed by atoms with Crippen molar-refractivity contribution in [2.45, 2.75) is 19.4 Å². The van der Waals surface area contributed by atoms with Crippen molar-refractivity contribution in [1.82, 2.24) is 9.55 Å². The zero-order valence-corrected chi connectivity index (χ0v) is 13.8. The van der Waals surface area contributed by atoms with Crippen LogP contribution in [0.25, 0.3) is 11.0 Å². The summed E-state index contributed by atoms with van der Waals surface area (Å²) >= 11 is 0. The fourth-order valence-corrected chi connectivity index (χ4v) is 3.31. The number of hydrogen-bond acceptors (Lipinski definition) is 1. The molecule has 1 atom stereocenters. The molecule has 0 saturated heterocycles. The number of fused-ring (bicyclic) bond motifs is 1. The number of nitrogens with zero attached hydrogens (tertiary/aromatic N) is 2. The van der Waals surface area contributed by atoms with Crippen LogP contribution in [0.2, 0.25) is 0 Å². The molecule has 0 spiro atoms. The normalized spacial score (nSPS) is 12.4. The molecule has 1 unspecified atom stereocenters. The summed E-state index contributed by atoms with van der Waals surface area (Å²) in [5.41, 5.74) is 4.84. The molecule has 2 heteroatoms. The average Bonchev–Trinajstić information content (AvgIpc) is 3.00. The van der Waals surface area contributed by atoms with Crippen LogP contribution in [0.1, 0.15) is 29.9 Å². The molecule has 0 saturated carbocycles. The summed E-state index contributed by atoms with van der Waals surface area (Å²) in [6.07, 6.45) is 0.840. The second-order valence-electron chi connectivity index (χ2n) is 6.14. The first-order chi connectivity index (χ1) is 11.8. The maximum atomic E-state index is 4.92. The summed E-state index contributed by atoms with van der Waals surface area (Å²) in [7, 11) is 0. The smallest absolute Gasteiger partial charge is 0.114 e. The lowest BCUT2D eigenvalue weighted by molar-refractivity contribution is 0.627. The van der Waals surface area contributed by atoms with Gasteiger partial charge in [0.15, 0.2) is 0 Å². The summed E-state index contributed by atoms with van der Waals surface area (Å²) in [4.78, 5) is 4.92. The van der Waals surface area contributed by atoms with Gasteiger partial charge in [-0.3, -0.25) is 0 Å². The Labute approximate surface area is 142 Å². The minimum Gasteiger partial charge on any atom is -0.320 e. The summed E-state index contributed by atoms with van der Waals surface area (Å²) in [6.45, 7) is 2.25. The van der Waals surface area contributed by atoms with Crippen LogP contribution in [0.15, 0.2) is 84.9 Å². The molecule has 2 nitrogen and oxygen atoms in total. The van der Waals surface area contributed by atoms with Crippen molar-refractivity contribution in [1.29, 1.82) is 0 Å². The minimum atomic E-state index is 0.248. The molecule has 0 amide bonds. The Bertz CT molecular complexity index is 940. The molecule has 0 aliphatic heterocycles. The van der Waals surface area contributed by atoms with Crippen LogP contribution in [0.4, 0.5) is 0 Å². The van der Waals surface area contributed by atoms with Gasteiger partial charge in [0.25, 0.3) is 0 Å². The minimum absolute atomic E-state index is 0.248. The molecule has 0 bridgehead atoms. The second kappa shape index (κ2) is 6.32. The summed E-state index contributed by atoms with van der Waals surface area (Å²) in [5, 5.41) is 0. The van der Waals surface area contributed by atoms with Gasteiger partial charge in [0, 0.05) is 6.42 Å². The van der Waals surface area contributed by atoms with E-state index >= 15 is 0 Å². The number of imidazole rings is 1. The van der Waals surface area contributed by atoms with Gasteiger partial charge in [-0.25, -0.2) is 4.98 Å². The van der Waals surface area contributed by atoms with Crippen LogP contribution in [0.5, 0.6) is 0 Å². The maximum absolute atomic E-state index is 4.92. The zero-order chi connectivity index (χ0) is 16.4. The van der Waals surface area contributed by atoms with E-state index in [9.17, 15) is 0 Å². The molecule has 4 rings (SSSR count). The molecule has 3 aromatic carbocycles. The standard InChI is InChI=1S/C22H20N2/c1-17(19-12-6-3-7-13-19)24-21-15-9-8-14-20(21)23-22(24)16-18-10-4-2-5-11-18/h2-15,17H,16H2,1H3. The summed E-state index contributed by atoms with van der Waals surface area (Å²) in [6, 6.07) is 29.8. The van der Waals surface area contributed by atoms with Crippen LogP contribution in [0, 0.1) is 0 Å². The van der Waals surface area contributed by atoms with E-state index in [0.29, 0.717) is 0 Å². The maximum Gasteiger partial charge on any atom is 0.114 e. The van der Waals surface area contributed by atoms with Gasteiger partial charge in [-0.2, -0.15) is 0 Å². The van der Waals surface area contributed by atoms with E-state index in [1.807, 2.05) is 0 Å². The van der Waals surface area contributed by atoms with Crippen LogP contribution in [-0.4, -0.2) is 9.55 Å². The van der Waals surface area contributed by atoms with Gasteiger partial charge < -0.3 is 4.57 Å². The van der Waals surface area contributed by atoms with Gasteiger partial charge in [0.2, 0.25) is 0 Å². The fourth-order valence-electron chi connectivity index (χ4n) is 3.31. The Hall–Kier alpha value is -2.87. The van der Waals surface area contributed by atoms with E-state index in [2.05, 4.69) is 96.4 Å². The summed E-state index contributed by atoms with van der Waals surface area (Å²) < 4.78 is 2.37. The average molecular weight is 312 g/mol. The van der Waals surface area contributed by atoms with Crippen LogP contribution in [0.3, 0.4) is 0 Å². The molecular formula is C22H20N2. The van der Waals surface area contributed by atoms with Crippen molar-refractivity contribution in [2.24, 2.45) is 0 Å². The molecule has 0 aliphatic carbocycles. The van der Waals surface area contributed by atoms with Gasteiger partial charge in [-0.05, 0) is 30.2 Å². The van der Waals surface area contributed by atoms with E-state index in [0.717, 1.165) is 17.8 Å². The van der Waals surface area contributed by atoms with Crippen molar-refractivity contribution < 1.29 is 0 Å². The Morgan fingerprint density at radius 2 is 1.42 bits per heavy atom. The third-order valence-corrected chi connectivity index (χ3v) is 4.54. The lowest BCUT2D eigenvalue weighted by atomic mass is 10.1. The lowest BCUT2D eigenvalue weighted by Crippen LogP contribution is -2.11. The molecule has 0 N–H and O–H groups in total. The first-order valence-corrected chi connectivity index (χ1v) is 8.37. The molecule has 4 aromatic rings. The van der Waals surface area contributed by atoms with Crippen molar-refractivity contribution >= 4 is 11.0 Å². The van der Waals surface area contributed by atoms with Gasteiger partial charge in [-0.1, -0.05) is 72.8 Å². The number of rotatable bonds is 4. The van der Waals surface area contributed by atoms with E-state index in [4.69, 9.17) is 4.98 Å². The zero-order valence-electron chi connectivity index (χ0n) is 13.8. The third-order valence-electron chi connectivity index (χ3n) is 4.54. The predicted molar refractivity (Wildman–Crippen MR) is 99.2 cm³/mol. The topological polar surface area (TPSA) is 17.8 Å². The van der Waals surface area contributed by atoms with Crippen LogP contribution in [-0.2, 0) is 6.42 Å². The highest BCUT2D eigenvalue weighted by molar-refractivity contribution is 5.76. The van der Waals surface area contributed by atoms with E-state index < -0.39 is 0 Å². The van der Waals surface area contributed by atoms with Gasteiger partial charge in [-0.15, -0.1) is 0 Å². The molecule has 1 aromatic heterocycles. The molecule has 0 radical (unpaired) electrons. The van der Waals surface area contributed by atoms with Crippen molar-refractivity contribution in [3.63, 3.8) is 0 Å². The predicted octanol–water partition coefficient (Wildman–Crippen LogP) is 5.24. The lowest BCUT2D eigenvalue weighted by Gasteiger charge is -2.18. The van der Waals surface area contributed by atoms with E-state index in [1.54, 1.807) is 0 Å². The Morgan fingerprint density at radius 1 is 0.792 bits per heavy atom. The molecule has 0 fully saturated rings. The quantitative estimate of drug-likeness (QED) is 0.504. The van der Waals surface area contributed by atoms with Gasteiger partial charge in [0.05, 0.1) is 17.1 Å². The number of hydrogen-bond donors (Lipinski definition) is 0. The molecule has 24 heavy (non-hydrogen) atoms. The highest BCUT2D eigenvalue weighted by Gasteiger charge is 2.17. The molecule has 1 heterocycles. The Morgan fingerprint density at radius 3 is 2.17 bits per heavy atom. The van der Waals surface area contributed by atoms with Crippen molar-refractivity contribution in [3.8, 4) is 0 Å². The van der Waals surface area contributed by atoms with E-state index in [1.165, 1.54) is 16.6 Å². The molecular weight excluding hydrogens is 292 g/mol. The van der Waals surface area contributed by atoms with E-state index in [-0.39, 0.29) is 6.04 Å². The molecule has 0 aliphatic rings. The SMILES string of the molecule is CC(c1ccccc1)n1c(Cc2ccccc2)nc2ccccc21. The largest absolute Gasteiger partial charge is 0.320 e. The first-order valence-electron chi connectivity index (χ1n) is 8.37. The van der Waals surface area contributed by atoms with Crippen LogP contribution < -0.4 is 0 Å². The highest BCUT2D eigenvalue weighted by atomic mass is 15.1. The summed E-state index contributed by atoms with van der Waals surface area (Å²) in [5.74, 6) is 1.11. The number of aromatic nitrogens is 2. The molecule has 118 valence electrons. The second-order valence-corrected chi connectivity index (χ2v) is 6.14. The number of para-hydroxylation sites is 2. The Balaban J connectivity index is 1.84.